The van der Waals surface area contributed by atoms with Crippen molar-refractivity contribution in [3.8, 4) is 5.75 Å². The Morgan fingerprint density at radius 1 is 1.06 bits per heavy atom. The molecule has 36 heavy (non-hydrogen) atoms. The molecule has 1 fully saturated rings. The minimum absolute atomic E-state index is 0.0123. The van der Waals surface area contributed by atoms with Crippen molar-refractivity contribution in [3.05, 3.63) is 99.3 Å². The van der Waals surface area contributed by atoms with Crippen molar-refractivity contribution in [1.29, 1.82) is 0 Å². The summed E-state index contributed by atoms with van der Waals surface area (Å²) in [6.45, 7) is 0.0123. The van der Waals surface area contributed by atoms with Gasteiger partial charge in [0.15, 0.2) is 0 Å². The summed E-state index contributed by atoms with van der Waals surface area (Å²) < 4.78 is 24.7. The Morgan fingerprint density at radius 2 is 1.78 bits per heavy atom. The van der Waals surface area contributed by atoms with E-state index in [0.29, 0.717) is 21.3 Å². The summed E-state index contributed by atoms with van der Waals surface area (Å²) in [6, 6.07) is 15.8. The first-order chi connectivity index (χ1) is 17.3. The van der Waals surface area contributed by atoms with E-state index in [0.717, 1.165) is 4.90 Å². The van der Waals surface area contributed by atoms with Gasteiger partial charge in [-0.25, -0.2) is 18.9 Å². The van der Waals surface area contributed by atoms with Crippen molar-refractivity contribution >= 4 is 51.5 Å². The molecule has 1 aliphatic rings. The van der Waals surface area contributed by atoms with E-state index in [2.05, 4.69) is 26.0 Å². The Bertz CT molecular complexity index is 1400. The van der Waals surface area contributed by atoms with Crippen LogP contribution in [0.2, 0.25) is 0 Å². The topological polar surface area (TPSA) is 102 Å². The van der Waals surface area contributed by atoms with Crippen LogP contribution >= 0.6 is 15.9 Å². The van der Waals surface area contributed by atoms with Crippen LogP contribution in [-0.2, 0) is 20.9 Å². The smallest absolute Gasteiger partial charge is 0.337 e. The van der Waals surface area contributed by atoms with Crippen LogP contribution in [0.1, 0.15) is 21.5 Å². The largest absolute Gasteiger partial charge is 0.488 e. The molecule has 0 atom stereocenters. The molecule has 182 valence electrons. The molecule has 8 nitrogen and oxygen atoms in total. The summed E-state index contributed by atoms with van der Waals surface area (Å²) >= 11 is 3.38. The third-order valence-corrected chi connectivity index (χ3v) is 5.88. The molecule has 1 aliphatic heterocycles. The number of imide groups is 2. The predicted molar refractivity (Wildman–Crippen MR) is 132 cm³/mol. The van der Waals surface area contributed by atoms with Crippen molar-refractivity contribution in [2.75, 3.05) is 12.0 Å². The Kier molecular flexibility index (Phi) is 7.25. The molecule has 0 saturated carbocycles. The molecule has 0 aromatic heterocycles. The fourth-order valence-corrected chi connectivity index (χ4v) is 3.93. The minimum atomic E-state index is -0.911. The summed E-state index contributed by atoms with van der Waals surface area (Å²) in [6.07, 6.45) is 1.34. The maximum atomic E-state index is 13.8. The molecule has 4 rings (SSSR count). The zero-order valence-corrected chi connectivity index (χ0v) is 20.4. The van der Waals surface area contributed by atoms with Crippen LogP contribution in [0.4, 0.5) is 14.9 Å². The number of methoxy groups -OCH3 is 1. The number of ether oxygens (including phenoxy) is 2. The summed E-state index contributed by atoms with van der Waals surface area (Å²) in [5.41, 5.74) is 1.01. The molecule has 0 bridgehead atoms. The average Bonchev–Trinajstić information content (AvgIpc) is 2.86. The number of nitrogens with zero attached hydrogens (tertiary/aromatic N) is 1. The molecule has 1 heterocycles. The molecular formula is C26H18BrFN2O6. The van der Waals surface area contributed by atoms with E-state index < -0.39 is 23.8 Å². The molecule has 1 N–H and O–H groups in total. The van der Waals surface area contributed by atoms with Crippen molar-refractivity contribution in [1.82, 2.24) is 5.32 Å². The normalized spacial score (nSPS) is 14.6. The lowest BCUT2D eigenvalue weighted by molar-refractivity contribution is -0.122. The number of rotatable bonds is 6. The van der Waals surface area contributed by atoms with Crippen LogP contribution in [0.3, 0.4) is 0 Å². The number of carbonyl (C=O) groups is 4. The number of nitrogens with one attached hydrogen (secondary N) is 1. The third-order valence-electron chi connectivity index (χ3n) is 5.26. The Balaban J connectivity index is 1.55. The van der Waals surface area contributed by atoms with Crippen molar-refractivity contribution in [2.45, 2.75) is 6.61 Å². The number of hydrogen-bond donors (Lipinski definition) is 1. The summed E-state index contributed by atoms with van der Waals surface area (Å²) in [5, 5.41) is 2.14. The van der Waals surface area contributed by atoms with Gasteiger partial charge in [-0.3, -0.25) is 14.9 Å². The maximum absolute atomic E-state index is 13.8. The van der Waals surface area contributed by atoms with Crippen molar-refractivity contribution < 1.29 is 33.0 Å². The predicted octanol–water partition coefficient (Wildman–Crippen LogP) is 4.62. The van der Waals surface area contributed by atoms with Crippen LogP contribution in [0, 0.1) is 5.82 Å². The number of esters is 1. The van der Waals surface area contributed by atoms with E-state index in [9.17, 15) is 23.6 Å². The van der Waals surface area contributed by atoms with Crippen LogP contribution < -0.4 is 15.0 Å². The average molecular weight is 553 g/mol. The Hall–Kier alpha value is -4.31. The number of benzene rings is 3. The molecule has 10 heteroatoms. The molecule has 0 unspecified atom stereocenters. The van der Waals surface area contributed by atoms with E-state index in [1.165, 1.54) is 43.5 Å². The van der Waals surface area contributed by atoms with Gasteiger partial charge in [-0.1, -0.05) is 24.3 Å². The van der Waals surface area contributed by atoms with E-state index in [1.807, 2.05) is 0 Å². The van der Waals surface area contributed by atoms with Crippen molar-refractivity contribution in [2.24, 2.45) is 0 Å². The molecule has 1 saturated heterocycles. The van der Waals surface area contributed by atoms with Crippen LogP contribution in [-0.4, -0.2) is 30.9 Å². The second-order valence-electron chi connectivity index (χ2n) is 7.57. The van der Waals surface area contributed by atoms with Crippen molar-refractivity contribution in [3.63, 3.8) is 0 Å². The van der Waals surface area contributed by atoms with Gasteiger partial charge in [-0.15, -0.1) is 0 Å². The first kappa shape index (κ1) is 24.8. The summed E-state index contributed by atoms with van der Waals surface area (Å²) in [4.78, 5) is 50.4. The summed E-state index contributed by atoms with van der Waals surface area (Å²) in [7, 11) is 1.24. The molecule has 3 aromatic rings. The number of anilines is 1. The zero-order valence-electron chi connectivity index (χ0n) is 18.8. The van der Waals surface area contributed by atoms with Crippen LogP contribution in [0.5, 0.6) is 5.75 Å². The Morgan fingerprint density at radius 3 is 2.44 bits per heavy atom. The van der Waals surface area contributed by atoms with E-state index in [1.54, 1.807) is 36.4 Å². The Labute approximate surface area is 213 Å². The number of carbonyl (C=O) groups excluding carboxylic acids is 4. The number of halogens is 2. The number of urea groups is 1. The molecule has 3 aromatic carbocycles. The fourth-order valence-electron chi connectivity index (χ4n) is 3.42. The quantitative estimate of drug-likeness (QED) is 0.272. The lowest BCUT2D eigenvalue weighted by Gasteiger charge is -2.26. The highest BCUT2D eigenvalue weighted by molar-refractivity contribution is 9.10. The zero-order chi connectivity index (χ0) is 25.8. The van der Waals surface area contributed by atoms with Crippen LogP contribution in [0.25, 0.3) is 6.08 Å². The van der Waals surface area contributed by atoms with Gasteiger partial charge >= 0.3 is 12.0 Å². The SMILES string of the molecule is COC(=O)c1ccc(N2C(=O)NC(=O)/C(=C\c3ccc(OCc4ccccc4F)c(Br)c3)C2=O)cc1. The highest BCUT2D eigenvalue weighted by atomic mass is 79.9. The van der Waals surface area contributed by atoms with Gasteiger partial charge in [0, 0.05) is 5.56 Å². The van der Waals surface area contributed by atoms with E-state index >= 15 is 0 Å². The second-order valence-corrected chi connectivity index (χ2v) is 8.42. The monoisotopic (exact) mass is 552 g/mol. The maximum Gasteiger partial charge on any atom is 0.337 e. The second kappa shape index (κ2) is 10.5. The van der Waals surface area contributed by atoms with Gasteiger partial charge in [0.05, 0.1) is 22.8 Å². The van der Waals surface area contributed by atoms with Gasteiger partial charge in [-0.05, 0) is 70.0 Å². The number of hydrogen-bond acceptors (Lipinski definition) is 6. The van der Waals surface area contributed by atoms with E-state index in [4.69, 9.17) is 4.74 Å². The molecule has 0 spiro atoms. The lowest BCUT2D eigenvalue weighted by atomic mass is 10.1. The number of barbiturate groups is 1. The first-order valence-electron chi connectivity index (χ1n) is 10.5. The van der Waals surface area contributed by atoms with Crippen LogP contribution in [0.15, 0.2) is 76.8 Å². The molecular weight excluding hydrogens is 535 g/mol. The standard InChI is InChI=1S/C26H18BrFN2O6/c1-35-25(33)16-7-9-18(10-8-16)30-24(32)19(23(31)29-26(30)34)12-15-6-11-22(20(27)13-15)36-14-17-4-2-3-5-21(17)28/h2-13H,14H2,1H3,(H,29,31,34)/b19-12+. The molecule has 0 radical (unpaired) electrons. The number of amides is 4. The first-order valence-corrected chi connectivity index (χ1v) is 11.3. The van der Waals surface area contributed by atoms with Gasteiger partial charge in [-0.2, -0.15) is 0 Å². The minimum Gasteiger partial charge on any atom is -0.488 e. The lowest BCUT2D eigenvalue weighted by Crippen LogP contribution is -2.54. The highest BCUT2D eigenvalue weighted by Crippen LogP contribution is 2.29. The fraction of sp³-hybridized carbons (Fsp3) is 0.0769. The van der Waals surface area contributed by atoms with Gasteiger partial charge in [0.25, 0.3) is 11.8 Å². The third kappa shape index (κ3) is 5.18. The van der Waals surface area contributed by atoms with Gasteiger partial charge in [0.1, 0.15) is 23.7 Å². The van der Waals surface area contributed by atoms with E-state index in [-0.39, 0.29) is 29.2 Å². The highest BCUT2D eigenvalue weighted by Gasteiger charge is 2.36. The molecule has 0 aliphatic carbocycles. The van der Waals surface area contributed by atoms with Gasteiger partial charge < -0.3 is 9.47 Å². The van der Waals surface area contributed by atoms with Gasteiger partial charge in [0.2, 0.25) is 0 Å². The summed E-state index contributed by atoms with van der Waals surface area (Å²) in [5.74, 6) is -2.19. The molecule has 4 amide bonds.